The third-order valence-electron chi connectivity index (χ3n) is 4.71. The molecule has 0 aromatic rings. The van der Waals surface area contributed by atoms with Crippen LogP contribution in [0.2, 0.25) is 0 Å². The quantitative estimate of drug-likeness (QED) is 0.810. The first-order valence-corrected chi connectivity index (χ1v) is 7.61. The molecule has 1 aliphatic carbocycles. The van der Waals surface area contributed by atoms with Crippen LogP contribution in [0.1, 0.15) is 65.2 Å². The van der Waals surface area contributed by atoms with E-state index < -0.39 is 0 Å². The number of ether oxygens (including phenoxy) is 1. The SMILES string of the molecule is CCC(C)CNC1CCOC2(CCCCC2)C1. The zero-order valence-corrected chi connectivity index (χ0v) is 11.6. The number of hydrogen-bond acceptors (Lipinski definition) is 2. The summed E-state index contributed by atoms with van der Waals surface area (Å²) in [7, 11) is 0. The summed E-state index contributed by atoms with van der Waals surface area (Å²) in [5.41, 5.74) is 0.254. The molecule has 0 aromatic heterocycles. The van der Waals surface area contributed by atoms with Gasteiger partial charge in [-0.2, -0.15) is 0 Å². The van der Waals surface area contributed by atoms with Crippen LogP contribution in [-0.2, 0) is 4.74 Å². The normalized spacial score (nSPS) is 30.4. The molecule has 0 amide bonds. The minimum absolute atomic E-state index is 0.254. The summed E-state index contributed by atoms with van der Waals surface area (Å²) in [6.45, 7) is 6.76. The molecule has 1 N–H and O–H groups in total. The van der Waals surface area contributed by atoms with Crippen molar-refractivity contribution in [2.75, 3.05) is 13.2 Å². The molecule has 0 radical (unpaired) electrons. The monoisotopic (exact) mass is 239 g/mol. The van der Waals surface area contributed by atoms with Crippen LogP contribution in [0.4, 0.5) is 0 Å². The average Bonchev–Trinajstić information content (AvgIpc) is 2.37. The molecule has 2 unspecified atom stereocenters. The molecule has 0 bridgehead atoms. The van der Waals surface area contributed by atoms with Gasteiger partial charge in [-0.1, -0.05) is 39.5 Å². The van der Waals surface area contributed by atoms with E-state index in [2.05, 4.69) is 19.2 Å². The Morgan fingerprint density at radius 2 is 2.06 bits per heavy atom. The lowest BCUT2D eigenvalue weighted by Gasteiger charge is -2.44. The van der Waals surface area contributed by atoms with Gasteiger partial charge in [-0.25, -0.2) is 0 Å². The van der Waals surface area contributed by atoms with E-state index in [1.807, 2.05) is 0 Å². The molecule has 1 saturated heterocycles. The van der Waals surface area contributed by atoms with Gasteiger partial charge >= 0.3 is 0 Å². The molecule has 0 aromatic carbocycles. The van der Waals surface area contributed by atoms with Gasteiger partial charge in [0.15, 0.2) is 0 Å². The van der Waals surface area contributed by atoms with Crippen LogP contribution in [0, 0.1) is 5.92 Å². The fraction of sp³-hybridized carbons (Fsp3) is 1.00. The maximum absolute atomic E-state index is 6.13. The Hall–Kier alpha value is -0.0800. The van der Waals surface area contributed by atoms with Crippen LogP contribution in [0.15, 0.2) is 0 Å². The average molecular weight is 239 g/mol. The molecule has 2 atom stereocenters. The predicted molar refractivity (Wildman–Crippen MR) is 72.2 cm³/mol. The van der Waals surface area contributed by atoms with E-state index in [1.54, 1.807) is 0 Å². The van der Waals surface area contributed by atoms with E-state index in [0.717, 1.165) is 12.5 Å². The van der Waals surface area contributed by atoms with Gasteiger partial charge in [-0.15, -0.1) is 0 Å². The van der Waals surface area contributed by atoms with Crippen LogP contribution in [0.25, 0.3) is 0 Å². The Morgan fingerprint density at radius 3 is 2.76 bits per heavy atom. The van der Waals surface area contributed by atoms with Crippen molar-refractivity contribution in [3.8, 4) is 0 Å². The summed E-state index contributed by atoms with van der Waals surface area (Å²) in [5, 5.41) is 3.76. The second kappa shape index (κ2) is 6.19. The van der Waals surface area contributed by atoms with E-state index in [0.29, 0.717) is 6.04 Å². The molecule has 1 saturated carbocycles. The van der Waals surface area contributed by atoms with Crippen molar-refractivity contribution in [1.82, 2.24) is 5.32 Å². The third kappa shape index (κ3) is 3.69. The summed E-state index contributed by atoms with van der Waals surface area (Å²) in [4.78, 5) is 0. The number of rotatable bonds is 4. The zero-order chi connectivity index (χ0) is 12.1. The van der Waals surface area contributed by atoms with Crippen molar-refractivity contribution < 1.29 is 4.74 Å². The Labute approximate surface area is 107 Å². The molecule has 2 heteroatoms. The highest BCUT2D eigenvalue weighted by Gasteiger charge is 2.38. The van der Waals surface area contributed by atoms with Crippen LogP contribution in [0.3, 0.4) is 0 Å². The van der Waals surface area contributed by atoms with Gasteiger partial charge in [0.25, 0.3) is 0 Å². The predicted octanol–water partition coefficient (Wildman–Crippen LogP) is 3.50. The van der Waals surface area contributed by atoms with E-state index >= 15 is 0 Å². The van der Waals surface area contributed by atoms with Crippen molar-refractivity contribution >= 4 is 0 Å². The van der Waals surface area contributed by atoms with Gasteiger partial charge in [-0.3, -0.25) is 0 Å². The standard InChI is InChI=1S/C15H29NO/c1-3-13(2)12-16-14-7-10-17-15(11-14)8-5-4-6-9-15/h13-14,16H,3-12H2,1-2H3. The fourth-order valence-corrected chi connectivity index (χ4v) is 3.26. The molecule has 2 rings (SSSR count). The molecule has 1 heterocycles. The Balaban J connectivity index is 1.79. The molecular weight excluding hydrogens is 210 g/mol. The first-order valence-electron chi connectivity index (χ1n) is 7.61. The third-order valence-corrected chi connectivity index (χ3v) is 4.71. The van der Waals surface area contributed by atoms with E-state index in [9.17, 15) is 0 Å². The number of nitrogens with one attached hydrogen (secondary N) is 1. The summed E-state index contributed by atoms with van der Waals surface area (Å²) < 4.78 is 6.13. The van der Waals surface area contributed by atoms with Crippen molar-refractivity contribution in [3.63, 3.8) is 0 Å². The molecule has 100 valence electrons. The lowest BCUT2D eigenvalue weighted by molar-refractivity contribution is -0.109. The second-order valence-electron chi connectivity index (χ2n) is 6.20. The van der Waals surface area contributed by atoms with E-state index in [4.69, 9.17) is 4.74 Å². The van der Waals surface area contributed by atoms with Crippen molar-refractivity contribution in [2.24, 2.45) is 5.92 Å². The topological polar surface area (TPSA) is 21.3 Å². The molecule has 1 aliphatic heterocycles. The molecular formula is C15H29NO. The molecule has 2 aliphatic rings. The summed E-state index contributed by atoms with van der Waals surface area (Å²) in [5.74, 6) is 0.806. The molecule has 17 heavy (non-hydrogen) atoms. The highest BCUT2D eigenvalue weighted by Crippen LogP contribution is 2.38. The van der Waals surface area contributed by atoms with Gasteiger partial charge < -0.3 is 10.1 Å². The van der Waals surface area contributed by atoms with Crippen LogP contribution in [-0.4, -0.2) is 24.8 Å². The first-order chi connectivity index (χ1) is 8.24. The van der Waals surface area contributed by atoms with Crippen LogP contribution in [0.5, 0.6) is 0 Å². The largest absolute Gasteiger partial charge is 0.375 e. The van der Waals surface area contributed by atoms with Crippen molar-refractivity contribution in [2.45, 2.75) is 76.9 Å². The maximum atomic E-state index is 6.13. The fourth-order valence-electron chi connectivity index (χ4n) is 3.26. The van der Waals surface area contributed by atoms with Gasteiger partial charge in [0.1, 0.15) is 0 Å². The highest BCUT2D eigenvalue weighted by molar-refractivity contribution is 4.92. The minimum Gasteiger partial charge on any atom is -0.375 e. The Kier molecular flexibility index (Phi) is 4.87. The van der Waals surface area contributed by atoms with E-state index in [1.165, 1.54) is 57.9 Å². The van der Waals surface area contributed by atoms with Crippen LogP contribution >= 0.6 is 0 Å². The summed E-state index contributed by atoms with van der Waals surface area (Å²) in [6, 6.07) is 0.704. The van der Waals surface area contributed by atoms with Gasteiger partial charge in [-0.05, 0) is 38.1 Å². The highest BCUT2D eigenvalue weighted by atomic mass is 16.5. The smallest absolute Gasteiger partial charge is 0.0697 e. The van der Waals surface area contributed by atoms with Gasteiger partial charge in [0.2, 0.25) is 0 Å². The molecule has 1 spiro atoms. The van der Waals surface area contributed by atoms with Gasteiger partial charge in [0.05, 0.1) is 5.60 Å². The van der Waals surface area contributed by atoms with Gasteiger partial charge in [0, 0.05) is 12.6 Å². The van der Waals surface area contributed by atoms with Crippen LogP contribution < -0.4 is 5.32 Å². The molecule has 2 nitrogen and oxygen atoms in total. The Bertz CT molecular complexity index is 217. The summed E-state index contributed by atoms with van der Waals surface area (Å²) in [6.07, 6.45) is 10.5. The Morgan fingerprint density at radius 1 is 1.29 bits per heavy atom. The second-order valence-corrected chi connectivity index (χ2v) is 6.20. The van der Waals surface area contributed by atoms with E-state index in [-0.39, 0.29) is 5.60 Å². The lowest BCUT2D eigenvalue weighted by atomic mass is 9.78. The lowest BCUT2D eigenvalue weighted by Crippen LogP contribution is -2.48. The molecule has 2 fully saturated rings. The van der Waals surface area contributed by atoms with Crippen molar-refractivity contribution in [3.05, 3.63) is 0 Å². The minimum atomic E-state index is 0.254. The first kappa shape index (κ1) is 13.4. The number of hydrogen-bond donors (Lipinski definition) is 1. The summed E-state index contributed by atoms with van der Waals surface area (Å²) >= 11 is 0. The zero-order valence-electron chi connectivity index (χ0n) is 11.6. The maximum Gasteiger partial charge on any atom is 0.0697 e. The van der Waals surface area contributed by atoms with Crippen molar-refractivity contribution in [1.29, 1.82) is 0 Å².